The number of aromatic nitrogens is 2. The van der Waals surface area contributed by atoms with Crippen LogP contribution in [0.2, 0.25) is 0 Å². The third-order valence-electron chi connectivity index (χ3n) is 14.4. The topological polar surface area (TPSA) is 96.6 Å². The van der Waals surface area contributed by atoms with Crippen LogP contribution in [-0.4, -0.2) is 33.0 Å². The molecule has 0 radical (unpaired) electrons. The summed E-state index contributed by atoms with van der Waals surface area (Å²) in [4.78, 5) is 55.1. The molecule has 0 atom stereocenters. The molecule has 2 aromatic heterocycles. The summed E-state index contributed by atoms with van der Waals surface area (Å²) >= 11 is 0. The molecule has 0 aliphatic carbocycles. The second-order valence-electron chi connectivity index (χ2n) is 17.7. The van der Waals surface area contributed by atoms with Gasteiger partial charge in [0.05, 0.1) is 44.3 Å². The number of ether oxygens (including phenoxy) is 2. The van der Waals surface area contributed by atoms with Gasteiger partial charge in [-0.1, -0.05) is 109 Å². The minimum absolute atomic E-state index is 0.284. The second kappa shape index (κ2) is 13.1. The summed E-state index contributed by atoms with van der Waals surface area (Å²) in [6, 6.07) is 60.9. The van der Waals surface area contributed by atoms with Crippen LogP contribution >= 0.6 is 0 Å². The zero-order chi connectivity index (χ0) is 45.1. The first-order chi connectivity index (χ1) is 33.4. The van der Waals surface area contributed by atoms with Crippen LogP contribution in [-0.2, 0) is 9.47 Å². The Morgan fingerprint density at radius 3 is 0.941 bits per heavy atom. The molecule has 2 aliphatic heterocycles. The van der Waals surface area contributed by atoms with Crippen molar-refractivity contribution < 1.29 is 28.7 Å². The van der Waals surface area contributed by atoms with Gasteiger partial charge >= 0.3 is 23.9 Å². The summed E-state index contributed by atoms with van der Waals surface area (Å²) in [5.74, 6) is -2.87. The minimum atomic E-state index is -0.723. The van der Waals surface area contributed by atoms with Gasteiger partial charge in [0, 0.05) is 43.7 Å². The van der Waals surface area contributed by atoms with Crippen LogP contribution in [0.4, 0.5) is 0 Å². The molecule has 0 bridgehead atoms. The van der Waals surface area contributed by atoms with Gasteiger partial charge in [0.25, 0.3) is 0 Å². The molecule has 0 unspecified atom stereocenters. The summed E-state index contributed by atoms with van der Waals surface area (Å²) < 4.78 is 15.3. The van der Waals surface area contributed by atoms with Crippen molar-refractivity contribution in [3.8, 4) is 33.6 Å². The summed E-state index contributed by atoms with van der Waals surface area (Å²) in [6.45, 7) is 0. The summed E-state index contributed by atoms with van der Waals surface area (Å²) in [5, 5.41) is 10.1. The number of fused-ring (bicyclic) bond motifs is 8. The van der Waals surface area contributed by atoms with Gasteiger partial charge in [-0.2, -0.15) is 0 Å². The quantitative estimate of drug-likeness (QED) is 0.0756. The third kappa shape index (κ3) is 4.72. The highest BCUT2D eigenvalue weighted by Crippen LogP contribution is 2.52. The van der Waals surface area contributed by atoms with E-state index >= 15 is 0 Å². The van der Waals surface area contributed by atoms with Crippen molar-refractivity contribution in [3.63, 3.8) is 0 Å². The molecular weight excluding hydrogens is 845 g/mol. The third-order valence-corrected chi connectivity index (χ3v) is 14.4. The molecule has 0 saturated heterocycles. The van der Waals surface area contributed by atoms with Crippen LogP contribution < -0.4 is 0 Å². The maximum Gasteiger partial charge on any atom is 0.346 e. The first-order valence-electron chi connectivity index (χ1n) is 22.4. The fraction of sp³-hybridized carbons (Fsp3) is 0. The van der Waals surface area contributed by atoms with Crippen molar-refractivity contribution in [2.45, 2.75) is 0 Å². The lowest BCUT2D eigenvalue weighted by Crippen LogP contribution is -2.21. The van der Waals surface area contributed by atoms with Crippen molar-refractivity contribution >= 4 is 111 Å². The molecule has 0 fully saturated rings. The van der Waals surface area contributed by atoms with E-state index < -0.39 is 23.9 Å². The van der Waals surface area contributed by atoms with Crippen LogP contribution in [0.1, 0.15) is 41.4 Å². The van der Waals surface area contributed by atoms with Crippen molar-refractivity contribution in [2.24, 2.45) is 0 Å². The Kier molecular flexibility index (Phi) is 7.12. The van der Waals surface area contributed by atoms with Gasteiger partial charge in [0.1, 0.15) is 0 Å². The van der Waals surface area contributed by atoms with E-state index in [4.69, 9.17) is 9.47 Å². The number of para-hydroxylation sites is 4. The molecule has 13 aromatic rings. The van der Waals surface area contributed by atoms with Crippen molar-refractivity contribution in [1.29, 1.82) is 0 Å². The predicted octanol–water partition coefficient (Wildman–Crippen LogP) is 13.9. The van der Waals surface area contributed by atoms with E-state index in [0.29, 0.717) is 10.8 Å². The van der Waals surface area contributed by atoms with Gasteiger partial charge in [0.2, 0.25) is 0 Å². The number of cyclic esters (lactones) is 4. The molecule has 0 spiro atoms. The highest BCUT2D eigenvalue weighted by Gasteiger charge is 2.35. The van der Waals surface area contributed by atoms with Gasteiger partial charge in [-0.05, 0) is 127 Å². The largest absolute Gasteiger partial charge is 0.386 e. The van der Waals surface area contributed by atoms with Crippen molar-refractivity contribution in [3.05, 3.63) is 204 Å². The number of hydrogen-bond donors (Lipinski definition) is 0. The fourth-order valence-electron chi connectivity index (χ4n) is 11.6. The number of nitrogens with zero attached hydrogens (tertiary/aromatic N) is 2. The monoisotopic (exact) mass is 874 g/mol. The first-order valence-corrected chi connectivity index (χ1v) is 22.4. The number of hydrogen-bond acceptors (Lipinski definition) is 6. The highest BCUT2D eigenvalue weighted by molar-refractivity contribution is 6.43. The van der Waals surface area contributed by atoms with Crippen molar-refractivity contribution in [2.75, 3.05) is 0 Å². The lowest BCUT2D eigenvalue weighted by molar-refractivity contribution is 0.0373. The van der Waals surface area contributed by atoms with E-state index in [-0.39, 0.29) is 22.3 Å². The molecular formula is C60H30N2O6. The normalized spacial score (nSPS) is 13.6. The van der Waals surface area contributed by atoms with Crippen LogP contribution in [0.5, 0.6) is 0 Å². The Hall–Kier alpha value is -9.40. The van der Waals surface area contributed by atoms with E-state index in [1.165, 1.54) is 0 Å². The standard InChI is InChI=1S/C60H30N2O6/c63-57-41-28-26-40-52-44(32-19-23-34(24-20-32)62-49-15-7-3-11-37(49)38-12-4-8-16-50(38)62)30-46-54-42(58(64)68-60(46)66)27-25-39(56(52)54)51-43(29-45(59(65)67-57)53(41)55(40)51)31-17-21-33(22-18-31)61-47-13-5-1-9-35(47)36-10-2-6-14-48(36)61/h1-30H. The van der Waals surface area contributed by atoms with Crippen LogP contribution in [0.25, 0.3) is 120 Å². The van der Waals surface area contributed by atoms with Gasteiger partial charge in [-0.25, -0.2) is 19.2 Å². The molecule has 15 rings (SSSR count). The maximum absolute atomic E-state index is 13.9. The van der Waals surface area contributed by atoms with Crippen LogP contribution in [0, 0.1) is 0 Å². The molecule has 8 heteroatoms. The molecule has 316 valence electrons. The second-order valence-corrected chi connectivity index (χ2v) is 17.7. The van der Waals surface area contributed by atoms with Crippen molar-refractivity contribution in [1.82, 2.24) is 9.13 Å². The van der Waals surface area contributed by atoms with Gasteiger partial charge < -0.3 is 18.6 Å². The smallest absolute Gasteiger partial charge is 0.346 e. The Bertz CT molecular complexity index is 4100. The minimum Gasteiger partial charge on any atom is -0.386 e. The van der Waals surface area contributed by atoms with Gasteiger partial charge in [-0.3, -0.25) is 0 Å². The summed E-state index contributed by atoms with van der Waals surface area (Å²) in [6.07, 6.45) is 0. The molecule has 2 aliphatic rings. The van der Waals surface area contributed by atoms with E-state index in [0.717, 1.165) is 110 Å². The first kappa shape index (κ1) is 36.9. The summed E-state index contributed by atoms with van der Waals surface area (Å²) in [7, 11) is 0. The lowest BCUT2D eigenvalue weighted by atomic mass is 9.79. The lowest BCUT2D eigenvalue weighted by Gasteiger charge is -2.26. The highest BCUT2D eigenvalue weighted by atomic mass is 16.6. The van der Waals surface area contributed by atoms with E-state index in [1.807, 2.05) is 48.5 Å². The van der Waals surface area contributed by atoms with Crippen LogP contribution in [0.15, 0.2) is 182 Å². The predicted molar refractivity (Wildman–Crippen MR) is 267 cm³/mol. The number of esters is 4. The SMILES string of the molecule is O=C1OC(=O)c2cc(-c3ccc(-n4c5ccccc5c5ccccc54)cc3)c3c4ccc5c6c(cc(-c7ccc(-n8c9ccccc9c9ccccc98)cc7)c(c7ccc1c2c73)c64)C(=O)OC5=O. The average Bonchev–Trinajstić information content (AvgIpc) is 3.90. The molecule has 0 N–H and O–H groups in total. The number of benzene rings is 11. The zero-order valence-corrected chi connectivity index (χ0v) is 35.7. The molecule has 11 aromatic carbocycles. The molecule has 0 saturated carbocycles. The number of rotatable bonds is 4. The summed E-state index contributed by atoms with van der Waals surface area (Å²) in [5.41, 5.74) is 10.5. The number of carbonyl (C=O) groups is 4. The van der Waals surface area contributed by atoms with E-state index in [9.17, 15) is 19.2 Å². The Morgan fingerprint density at radius 1 is 0.265 bits per heavy atom. The molecule has 68 heavy (non-hydrogen) atoms. The van der Waals surface area contributed by atoms with Gasteiger partial charge in [-0.15, -0.1) is 0 Å². The zero-order valence-electron chi connectivity index (χ0n) is 35.7. The molecule has 0 amide bonds. The number of carbonyl (C=O) groups excluding carboxylic acids is 4. The fourth-order valence-corrected chi connectivity index (χ4v) is 11.6. The molecule has 4 heterocycles. The van der Waals surface area contributed by atoms with E-state index in [1.54, 1.807) is 12.1 Å². The van der Waals surface area contributed by atoms with Crippen LogP contribution in [0.3, 0.4) is 0 Å². The Balaban J connectivity index is 1.02. The Morgan fingerprint density at radius 2 is 0.588 bits per heavy atom. The van der Waals surface area contributed by atoms with Gasteiger partial charge in [0.15, 0.2) is 0 Å². The average molecular weight is 875 g/mol. The molecule has 8 nitrogen and oxygen atoms in total. The maximum atomic E-state index is 13.9. The Labute approximate surface area is 384 Å². The van der Waals surface area contributed by atoms with E-state index in [2.05, 4.69) is 130 Å².